The minimum atomic E-state index is -0.706. The monoisotopic (exact) mass is 418 g/mol. The summed E-state index contributed by atoms with van der Waals surface area (Å²) in [5, 5.41) is 4.81. The summed E-state index contributed by atoms with van der Waals surface area (Å²) in [6.07, 6.45) is 0. The smallest absolute Gasteiger partial charge is 0.339 e. The quantitative estimate of drug-likeness (QED) is 0.479. The van der Waals surface area contributed by atoms with Gasteiger partial charge in [-0.25, -0.2) is 9.18 Å². The molecular weight excluding hydrogens is 399 g/mol. The number of ether oxygens (including phenoxy) is 1. The number of amides is 2. The number of esters is 1. The number of nitrogens with one attached hydrogen (secondary N) is 2. The molecular formula is C20H19FN2O5S. The maximum absolute atomic E-state index is 12.8. The normalized spacial score (nSPS) is 10.1. The lowest BCUT2D eigenvalue weighted by atomic mass is 10.2. The summed E-state index contributed by atoms with van der Waals surface area (Å²) in [5.41, 5.74) is 0.636. The highest BCUT2D eigenvalue weighted by molar-refractivity contribution is 8.00. The topological polar surface area (TPSA) is 102 Å². The Bertz CT molecular complexity index is 902. The molecule has 7 nitrogen and oxygen atoms in total. The molecule has 0 saturated carbocycles. The number of ketones is 1. The Morgan fingerprint density at radius 1 is 1.00 bits per heavy atom. The maximum atomic E-state index is 12.8. The molecule has 0 aromatic heterocycles. The summed E-state index contributed by atoms with van der Waals surface area (Å²) in [7, 11) is 0. The van der Waals surface area contributed by atoms with Gasteiger partial charge in [0.25, 0.3) is 5.91 Å². The van der Waals surface area contributed by atoms with Crippen molar-refractivity contribution in [3.63, 3.8) is 0 Å². The van der Waals surface area contributed by atoms with E-state index in [1.54, 1.807) is 24.3 Å². The van der Waals surface area contributed by atoms with Crippen LogP contribution in [0.3, 0.4) is 0 Å². The fourth-order valence-electron chi connectivity index (χ4n) is 2.12. The second-order valence-corrected chi connectivity index (χ2v) is 6.91. The van der Waals surface area contributed by atoms with E-state index in [0.29, 0.717) is 10.6 Å². The predicted octanol–water partition coefficient (Wildman–Crippen LogP) is 2.42. The fraction of sp³-hybridized carbons (Fsp3) is 0.200. The molecule has 2 aromatic carbocycles. The van der Waals surface area contributed by atoms with E-state index in [0.717, 1.165) is 0 Å². The predicted molar refractivity (Wildman–Crippen MR) is 106 cm³/mol. The number of anilines is 1. The van der Waals surface area contributed by atoms with Gasteiger partial charge in [0, 0.05) is 10.6 Å². The second kappa shape index (κ2) is 11.0. The van der Waals surface area contributed by atoms with Crippen LogP contribution in [0.5, 0.6) is 0 Å². The van der Waals surface area contributed by atoms with Crippen molar-refractivity contribution < 1.29 is 28.3 Å². The van der Waals surface area contributed by atoms with Crippen molar-refractivity contribution >= 4 is 41.0 Å². The Morgan fingerprint density at radius 3 is 2.38 bits per heavy atom. The zero-order valence-corrected chi connectivity index (χ0v) is 16.4. The average molecular weight is 418 g/mol. The van der Waals surface area contributed by atoms with Gasteiger partial charge in [0.05, 0.1) is 17.9 Å². The van der Waals surface area contributed by atoms with Gasteiger partial charge in [0.2, 0.25) is 5.91 Å². The summed E-state index contributed by atoms with van der Waals surface area (Å²) < 4.78 is 17.8. The minimum Gasteiger partial charge on any atom is -0.452 e. The van der Waals surface area contributed by atoms with Gasteiger partial charge in [-0.05, 0) is 43.3 Å². The average Bonchev–Trinajstić information content (AvgIpc) is 2.70. The number of rotatable bonds is 9. The molecule has 0 unspecified atom stereocenters. The first-order chi connectivity index (χ1) is 13.8. The van der Waals surface area contributed by atoms with E-state index in [4.69, 9.17) is 4.74 Å². The molecule has 0 radical (unpaired) electrons. The third kappa shape index (κ3) is 7.74. The van der Waals surface area contributed by atoms with E-state index in [1.165, 1.54) is 43.0 Å². The number of Topliss-reactive ketones (excluding diaryl/α,β-unsaturated/α-hetero) is 1. The summed E-state index contributed by atoms with van der Waals surface area (Å²) >= 11 is 1.21. The number of hydrogen-bond donors (Lipinski definition) is 2. The van der Waals surface area contributed by atoms with Crippen molar-refractivity contribution in [2.24, 2.45) is 0 Å². The Labute approximate surface area is 171 Å². The molecule has 0 aliphatic heterocycles. The van der Waals surface area contributed by atoms with Gasteiger partial charge in [-0.1, -0.05) is 12.1 Å². The molecule has 0 aliphatic rings. The van der Waals surface area contributed by atoms with Crippen LogP contribution in [0.15, 0.2) is 53.4 Å². The van der Waals surface area contributed by atoms with E-state index in [9.17, 15) is 23.6 Å². The molecule has 0 aliphatic carbocycles. The van der Waals surface area contributed by atoms with Crippen LogP contribution in [-0.4, -0.2) is 42.5 Å². The first-order valence-electron chi connectivity index (χ1n) is 8.55. The van der Waals surface area contributed by atoms with Gasteiger partial charge >= 0.3 is 5.97 Å². The Balaban J connectivity index is 1.78. The fourth-order valence-corrected chi connectivity index (χ4v) is 2.96. The highest BCUT2D eigenvalue weighted by Crippen LogP contribution is 2.23. The summed E-state index contributed by atoms with van der Waals surface area (Å²) in [4.78, 5) is 47.5. The lowest BCUT2D eigenvalue weighted by molar-refractivity contribution is -0.126. The number of hydrogen-bond acceptors (Lipinski definition) is 6. The Morgan fingerprint density at radius 2 is 1.69 bits per heavy atom. The highest BCUT2D eigenvalue weighted by Gasteiger charge is 2.15. The Hall–Kier alpha value is -3.20. The number of benzene rings is 2. The van der Waals surface area contributed by atoms with Crippen LogP contribution in [0.1, 0.15) is 17.3 Å². The number of thioether (sulfide) groups is 1. The van der Waals surface area contributed by atoms with Crippen molar-refractivity contribution in [3.8, 4) is 0 Å². The van der Waals surface area contributed by atoms with E-state index in [2.05, 4.69) is 10.6 Å². The summed E-state index contributed by atoms with van der Waals surface area (Å²) in [5.74, 6) is -2.12. The molecule has 9 heteroatoms. The first kappa shape index (κ1) is 22.1. The van der Waals surface area contributed by atoms with Gasteiger partial charge in [0.15, 0.2) is 6.61 Å². The number of carbonyl (C=O) groups excluding carboxylic acids is 4. The standard InChI is InChI=1S/C20H19FN2O5S/c1-13(24)12-29-17-5-3-2-4-16(17)20(27)28-11-19(26)22-10-18(25)23-15-8-6-14(21)7-9-15/h2-9H,10-12H2,1H3,(H,22,26)(H,23,25). The van der Waals surface area contributed by atoms with Crippen molar-refractivity contribution in [1.29, 1.82) is 0 Å². The lowest BCUT2D eigenvalue weighted by Gasteiger charge is -2.09. The molecule has 0 atom stereocenters. The minimum absolute atomic E-state index is 0.0311. The maximum Gasteiger partial charge on any atom is 0.339 e. The van der Waals surface area contributed by atoms with E-state index >= 15 is 0 Å². The van der Waals surface area contributed by atoms with Crippen LogP contribution >= 0.6 is 11.8 Å². The van der Waals surface area contributed by atoms with Crippen LogP contribution in [0.4, 0.5) is 10.1 Å². The van der Waals surface area contributed by atoms with Gasteiger partial charge in [-0.3, -0.25) is 14.4 Å². The third-order valence-corrected chi connectivity index (χ3v) is 4.66. The van der Waals surface area contributed by atoms with Crippen molar-refractivity contribution in [3.05, 3.63) is 59.9 Å². The highest BCUT2D eigenvalue weighted by atomic mass is 32.2. The molecule has 0 heterocycles. The molecule has 29 heavy (non-hydrogen) atoms. The molecule has 0 saturated heterocycles. The summed E-state index contributed by atoms with van der Waals surface area (Å²) in [6.45, 7) is 0.553. The third-order valence-electron chi connectivity index (χ3n) is 3.45. The van der Waals surface area contributed by atoms with E-state index < -0.39 is 30.2 Å². The van der Waals surface area contributed by atoms with Crippen LogP contribution < -0.4 is 10.6 Å². The van der Waals surface area contributed by atoms with Crippen LogP contribution in [0.25, 0.3) is 0 Å². The SMILES string of the molecule is CC(=O)CSc1ccccc1C(=O)OCC(=O)NCC(=O)Nc1ccc(F)cc1. The molecule has 2 rings (SSSR count). The van der Waals surface area contributed by atoms with E-state index in [1.807, 2.05) is 0 Å². The zero-order valence-electron chi connectivity index (χ0n) is 15.6. The van der Waals surface area contributed by atoms with Gasteiger partial charge < -0.3 is 15.4 Å². The summed E-state index contributed by atoms with van der Waals surface area (Å²) in [6, 6.07) is 11.8. The Kier molecular flexibility index (Phi) is 8.35. The molecule has 0 spiro atoms. The molecule has 2 aromatic rings. The lowest BCUT2D eigenvalue weighted by Crippen LogP contribution is -2.35. The van der Waals surface area contributed by atoms with Crippen molar-refractivity contribution in [2.45, 2.75) is 11.8 Å². The molecule has 0 bridgehead atoms. The first-order valence-corrected chi connectivity index (χ1v) is 9.54. The van der Waals surface area contributed by atoms with Crippen LogP contribution in [0, 0.1) is 5.82 Å². The number of carbonyl (C=O) groups is 4. The van der Waals surface area contributed by atoms with Gasteiger partial charge in [0.1, 0.15) is 11.6 Å². The van der Waals surface area contributed by atoms with Crippen LogP contribution in [0.2, 0.25) is 0 Å². The molecule has 0 fully saturated rings. The second-order valence-electron chi connectivity index (χ2n) is 5.89. The van der Waals surface area contributed by atoms with Gasteiger partial charge in [-0.2, -0.15) is 0 Å². The van der Waals surface area contributed by atoms with Crippen LogP contribution in [-0.2, 0) is 19.1 Å². The van der Waals surface area contributed by atoms with E-state index in [-0.39, 0.29) is 23.6 Å². The zero-order chi connectivity index (χ0) is 21.2. The largest absolute Gasteiger partial charge is 0.452 e. The van der Waals surface area contributed by atoms with Crippen molar-refractivity contribution in [2.75, 3.05) is 24.2 Å². The molecule has 2 N–H and O–H groups in total. The number of halogens is 1. The van der Waals surface area contributed by atoms with Gasteiger partial charge in [-0.15, -0.1) is 11.8 Å². The van der Waals surface area contributed by atoms with Crippen molar-refractivity contribution in [1.82, 2.24) is 5.32 Å². The molecule has 2 amide bonds. The molecule has 152 valence electrons.